The first-order valence-electron chi connectivity index (χ1n) is 9.08. The fourth-order valence-corrected chi connectivity index (χ4v) is 2.79. The van der Waals surface area contributed by atoms with Gasteiger partial charge in [0.2, 0.25) is 0 Å². The third kappa shape index (κ3) is 4.88. The SMILES string of the molecule is CN(C)C(=O)c1ccc(NC(=O)COC(=O)Cc2n[nH]c(=O)c3ccccc23)cc1. The van der Waals surface area contributed by atoms with Crippen molar-refractivity contribution >= 4 is 34.2 Å². The summed E-state index contributed by atoms with van der Waals surface area (Å²) in [6.07, 6.45) is -0.189. The minimum Gasteiger partial charge on any atom is -0.455 e. The number of carbonyl (C=O) groups is 3. The standard InChI is InChI=1S/C21H20N4O5/c1-25(2)21(29)13-7-9-14(10-8-13)22-18(26)12-30-19(27)11-17-15-5-3-4-6-16(15)20(28)24-23-17/h3-10H,11-12H2,1-2H3,(H,22,26)(H,24,28). The second-order valence-corrected chi connectivity index (χ2v) is 6.71. The molecule has 1 heterocycles. The van der Waals surface area contributed by atoms with Crippen LogP contribution in [-0.4, -0.2) is 53.6 Å². The number of carbonyl (C=O) groups excluding carboxylic acids is 3. The number of nitrogens with one attached hydrogen (secondary N) is 2. The van der Waals surface area contributed by atoms with Gasteiger partial charge >= 0.3 is 5.97 Å². The molecule has 0 spiro atoms. The van der Waals surface area contributed by atoms with Crippen molar-refractivity contribution in [3.8, 4) is 0 Å². The molecule has 0 saturated carbocycles. The van der Waals surface area contributed by atoms with E-state index in [1.165, 1.54) is 4.90 Å². The largest absolute Gasteiger partial charge is 0.455 e. The van der Waals surface area contributed by atoms with E-state index in [2.05, 4.69) is 15.5 Å². The summed E-state index contributed by atoms with van der Waals surface area (Å²) in [5.41, 5.74) is 0.974. The van der Waals surface area contributed by atoms with Gasteiger partial charge in [0.25, 0.3) is 17.4 Å². The highest BCUT2D eigenvalue weighted by Crippen LogP contribution is 2.13. The molecule has 3 aromatic rings. The minimum absolute atomic E-state index is 0.148. The first kappa shape index (κ1) is 20.7. The van der Waals surface area contributed by atoms with E-state index < -0.39 is 18.5 Å². The maximum atomic E-state index is 12.1. The van der Waals surface area contributed by atoms with Gasteiger partial charge in [-0.1, -0.05) is 18.2 Å². The number of H-pyrrole nitrogens is 1. The van der Waals surface area contributed by atoms with Crippen LogP contribution in [0.4, 0.5) is 5.69 Å². The van der Waals surface area contributed by atoms with Crippen LogP contribution in [0.2, 0.25) is 0 Å². The minimum atomic E-state index is -0.651. The molecule has 0 atom stereocenters. The monoisotopic (exact) mass is 408 g/mol. The number of nitrogens with zero attached hydrogens (tertiary/aromatic N) is 2. The van der Waals surface area contributed by atoms with Crippen LogP contribution in [0.15, 0.2) is 53.3 Å². The molecule has 2 aromatic carbocycles. The lowest BCUT2D eigenvalue weighted by Crippen LogP contribution is -2.23. The van der Waals surface area contributed by atoms with E-state index in [9.17, 15) is 19.2 Å². The molecule has 9 heteroatoms. The van der Waals surface area contributed by atoms with Crippen molar-refractivity contribution < 1.29 is 19.1 Å². The number of esters is 1. The van der Waals surface area contributed by atoms with Crippen LogP contribution >= 0.6 is 0 Å². The summed E-state index contributed by atoms with van der Waals surface area (Å²) in [6, 6.07) is 13.1. The van der Waals surface area contributed by atoms with E-state index in [1.54, 1.807) is 62.6 Å². The van der Waals surface area contributed by atoms with E-state index in [4.69, 9.17) is 4.74 Å². The summed E-state index contributed by atoms with van der Waals surface area (Å²) >= 11 is 0. The van der Waals surface area contributed by atoms with Gasteiger partial charge in [-0.15, -0.1) is 0 Å². The number of fused-ring (bicyclic) bond motifs is 1. The summed E-state index contributed by atoms with van der Waals surface area (Å²) in [5.74, 6) is -1.32. The first-order valence-corrected chi connectivity index (χ1v) is 9.08. The van der Waals surface area contributed by atoms with Gasteiger partial charge in [0, 0.05) is 30.7 Å². The fourth-order valence-electron chi connectivity index (χ4n) is 2.79. The summed E-state index contributed by atoms with van der Waals surface area (Å²) in [4.78, 5) is 49.2. The molecule has 9 nitrogen and oxygen atoms in total. The molecule has 2 amide bonds. The first-order chi connectivity index (χ1) is 14.3. The van der Waals surface area contributed by atoms with Crippen molar-refractivity contribution in [3.05, 3.63) is 70.1 Å². The molecule has 0 radical (unpaired) electrons. The van der Waals surface area contributed by atoms with Crippen LogP contribution in [0.3, 0.4) is 0 Å². The molecule has 1 aromatic heterocycles. The summed E-state index contributed by atoms with van der Waals surface area (Å²) in [6.45, 7) is -0.474. The summed E-state index contributed by atoms with van der Waals surface area (Å²) in [5, 5.41) is 9.81. The summed E-state index contributed by atoms with van der Waals surface area (Å²) in [7, 11) is 3.30. The van der Waals surface area contributed by atoms with E-state index in [0.29, 0.717) is 27.7 Å². The Balaban J connectivity index is 1.55. The zero-order chi connectivity index (χ0) is 21.7. The zero-order valence-corrected chi connectivity index (χ0v) is 16.5. The Morgan fingerprint density at radius 2 is 1.70 bits per heavy atom. The number of aromatic amines is 1. The number of ether oxygens (including phenoxy) is 1. The number of hydrogen-bond donors (Lipinski definition) is 2. The zero-order valence-electron chi connectivity index (χ0n) is 16.5. The van der Waals surface area contributed by atoms with Gasteiger partial charge in [-0.3, -0.25) is 19.2 Å². The third-order valence-corrected chi connectivity index (χ3v) is 4.27. The van der Waals surface area contributed by atoms with Crippen LogP contribution in [0.5, 0.6) is 0 Å². The van der Waals surface area contributed by atoms with E-state index >= 15 is 0 Å². The Morgan fingerprint density at radius 1 is 1.03 bits per heavy atom. The van der Waals surface area contributed by atoms with Crippen molar-refractivity contribution in [1.82, 2.24) is 15.1 Å². The summed E-state index contributed by atoms with van der Waals surface area (Å²) < 4.78 is 5.01. The average Bonchev–Trinajstić information content (AvgIpc) is 2.74. The second kappa shape index (κ2) is 8.99. The molecular formula is C21H20N4O5. The molecule has 3 rings (SSSR count). The number of aromatic nitrogens is 2. The highest BCUT2D eigenvalue weighted by Gasteiger charge is 2.14. The molecule has 0 aliphatic heterocycles. The highest BCUT2D eigenvalue weighted by molar-refractivity contribution is 5.96. The number of hydrogen-bond acceptors (Lipinski definition) is 6. The molecule has 0 fully saturated rings. The average molecular weight is 408 g/mol. The highest BCUT2D eigenvalue weighted by atomic mass is 16.5. The van der Waals surface area contributed by atoms with Gasteiger partial charge in [0.1, 0.15) is 0 Å². The van der Waals surface area contributed by atoms with Gasteiger partial charge in [-0.25, -0.2) is 5.10 Å². The van der Waals surface area contributed by atoms with Crippen molar-refractivity contribution in [2.75, 3.05) is 26.0 Å². The molecule has 0 unspecified atom stereocenters. The predicted octanol–water partition coefficient (Wildman–Crippen LogP) is 1.35. The van der Waals surface area contributed by atoms with Crippen molar-refractivity contribution in [2.24, 2.45) is 0 Å². The molecule has 0 bridgehead atoms. The molecule has 0 aliphatic rings. The Morgan fingerprint density at radius 3 is 2.37 bits per heavy atom. The molecule has 2 N–H and O–H groups in total. The second-order valence-electron chi connectivity index (χ2n) is 6.71. The van der Waals surface area contributed by atoms with Crippen LogP contribution in [-0.2, 0) is 20.7 Å². The van der Waals surface area contributed by atoms with E-state index in [1.807, 2.05) is 0 Å². The molecule has 0 saturated heterocycles. The Kier molecular flexibility index (Phi) is 6.21. The van der Waals surface area contributed by atoms with Gasteiger partial charge in [-0.05, 0) is 30.3 Å². The lowest BCUT2D eigenvalue weighted by Gasteiger charge is -2.11. The Labute approximate surface area is 171 Å². The Hall–Kier alpha value is -4.01. The number of rotatable bonds is 6. The lowest BCUT2D eigenvalue weighted by atomic mass is 10.1. The quantitative estimate of drug-likeness (QED) is 0.594. The number of benzene rings is 2. The van der Waals surface area contributed by atoms with E-state index in [0.717, 1.165) is 0 Å². The van der Waals surface area contributed by atoms with Crippen molar-refractivity contribution in [1.29, 1.82) is 0 Å². The fraction of sp³-hybridized carbons (Fsp3) is 0.190. The van der Waals surface area contributed by atoms with Crippen LogP contribution in [0.25, 0.3) is 10.8 Å². The topological polar surface area (TPSA) is 121 Å². The molecule has 0 aliphatic carbocycles. The van der Waals surface area contributed by atoms with Crippen molar-refractivity contribution in [2.45, 2.75) is 6.42 Å². The number of amides is 2. The predicted molar refractivity (Wildman–Crippen MR) is 110 cm³/mol. The van der Waals surface area contributed by atoms with Gasteiger partial charge in [-0.2, -0.15) is 5.10 Å². The van der Waals surface area contributed by atoms with Crippen LogP contribution < -0.4 is 10.9 Å². The molecule has 154 valence electrons. The molecular weight excluding hydrogens is 388 g/mol. The molecule has 30 heavy (non-hydrogen) atoms. The third-order valence-electron chi connectivity index (χ3n) is 4.27. The maximum absolute atomic E-state index is 12.1. The van der Waals surface area contributed by atoms with Crippen LogP contribution in [0, 0.1) is 0 Å². The van der Waals surface area contributed by atoms with Crippen molar-refractivity contribution in [3.63, 3.8) is 0 Å². The van der Waals surface area contributed by atoms with E-state index in [-0.39, 0.29) is 17.9 Å². The lowest BCUT2D eigenvalue weighted by molar-refractivity contribution is -0.146. The normalized spacial score (nSPS) is 10.5. The van der Waals surface area contributed by atoms with Crippen LogP contribution in [0.1, 0.15) is 16.1 Å². The number of anilines is 1. The van der Waals surface area contributed by atoms with Gasteiger partial charge in [0.15, 0.2) is 6.61 Å². The van der Waals surface area contributed by atoms with Gasteiger partial charge in [0.05, 0.1) is 17.5 Å². The van der Waals surface area contributed by atoms with Gasteiger partial charge < -0.3 is 15.0 Å². The Bertz CT molecular complexity index is 1150. The smallest absolute Gasteiger partial charge is 0.312 e. The maximum Gasteiger partial charge on any atom is 0.312 e.